The largest absolute Gasteiger partial charge is 0.366 e. The Labute approximate surface area is 65.2 Å². The molecular formula is C8H10N2O. The smallest absolute Gasteiger partial charge is 0.249 e. The van der Waals surface area contributed by atoms with Gasteiger partial charge in [0.05, 0.1) is 0 Å². The second-order valence-electron chi connectivity index (χ2n) is 2.25. The Morgan fingerprint density at radius 1 is 1.73 bits per heavy atom. The van der Waals surface area contributed by atoms with E-state index in [4.69, 9.17) is 5.73 Å². The molecule has 1 amide bonds. The summed E-state index contributed by atoms with van der Waals surface area (Å²) in [6.07, 6.45) is 4.02. The molecule has 2 N–H and O–H groups in total. The molecule has 3 nitrogen and oxygen atoms in total. The van der Waals surface area contributed by atoms with Gasteiger partial charge in [-0.15, -0.1) is 0 Å². The van der Waals surface area contributed by atoms with E-state index < -0.39 is 0 Å². The van der Waals surface area contributed by atoms with Crippen LogP contribution in [0.15, 0.2) is 18.5 Å². The van der Waals surface area contributed by atoms with Gasteiger partial charge in [0.25, 0.3) is 0 Å². The number of nitrogens with zero attached hydrogens (tertiary/aromatic N) is 1. The Bertz CT molecular complexity index is 271. The maximum atomic E-state index is 10.8. The Balaban J connectivity index is 3.12. The Morgan fingerprint density at radius 2 is 2.45 bits per heavy atom. The first-order chi connectivity index (χ1) is 5.25. The lowest BCUT2D eigenvalue weighted by Gasteiger charge is -2.00. The maximum absolute atomic E-state index is 10.8. The lowest BCUT2D eigenvalue weighted by molar-refractivity contribution is 0.0999. The van der Waals surface area contributed by atoms with Crippen molar-refractivity contribution in [2.24, 2.45) is 5.73 Å². The van der Waals surface area contributed by atoms with Crippen molar-refractivity contribution in [2.75, 3.05) is 0 Å². The second kappa shape index (κ2) is 3.14. The fourth-order valence-corrected chi connectivity index (χ4v) is 0.949. The molecule has 11 heavy (non-hydrogen) atoms. The first-order valence-corrected chi connectivity index (χ1v) is 3.48. The van der Waals surface area contributed by atoms with E-state index in [1.54, 1.807) is 18.5 Å². The zero-order valence-corrected chi connectivity index (χ0v) is 6.37. The molecule has 1 heterocycles. The van der Waals surface area contributed by atoms with Gasteiger partial charge in [-0.25, -0.2) is 0 Å². The Morgan fingerprint density at radius 3 is 2.91 bits per heavy atom. The third kappa shape index (κ3) is 1.55. The highest BCUT2D eigenvalue weighted by Crippen LogP contribution is 2.05. The fourth-order valence-electron chi connectivity index (χ4n) is 0.949. The summed E-state index contributed by atoms with van der Waals surface area (Å²) in [5.74, 6) is -0.385. The Hall–Kier alpha value is -1.38. The van der Waals surface area contributed by atoms with Gasteiger partial charge in [0.2, 0.25) is 5.91 Å². The first kappa shape index (κ1) is 7.72. The van der Waals surface area contributed by atoms with Crippen molar-refractivity contribution in [3.05, 3.63) is 29.6 Å². The van der Waals surface area contributed by atoms with Crippen molar-refractivity contribution in [1.82, 2.24) is 4.98 Å². The van der Waals surface area contributed by atoms with E-state index in [1.807, 2.05) is 6.92 Å². The van der Waals surface area contributed by atoms with Gasteiger partial charge >= 0.3 is 0 Å². The number of nitrogens with two attached hydrogens (primary N) is 1. The molecule has 0 atom stereocenters. The monoisotopic (exact) mass is 150 g/mol. The lowest BCUT2D eigenvalue weighted by Crippen LogP contribution is -2.13. The van der Waals surface area contributed by atoms with Crippen LogP contribution >= 0.6 is 0 Å². The minimum Gasteiger partial charge on any atom is -0.366 e. The molecule has 1 aromatic heterocycles. The van der Waals surface area contributed by atoms with Crippen LogP contribution in [0.25, 0.3) is 0 Å². The molecule has 0 saturated heterocycles. The van der Waals surface area contributed by atoms with Crippen LogP contribution in [0.3, 0.4) is 0 Å². The van der Waals surface area contributed by atoms with Gasteiger partial charge in [0.15, 0.2) is 0 Å². The van der Waals surface area contributed by atoms with Crippen molar-refractivity contribution in [3.63, 3.8) is 0 Å². The molecule has 0 fully saturated rings. The van der Waals surface area contributed by atoms with E-state index >= 15 is 0 Å². The van der Waals surface area contributed by atoms with Gasteiger partial charge in [0, 0.05) is 18.0 Å². The molecule has 0 saturated carbocycles. The SMILES string of the molecule is CCc1cnccc1C(N)=O. The summed E-state index contributed by atoms with van der Waals surface area (Å²) in [6, 6.07) is 1.64. The van der Waals surface area contributed by atoms with E-state index in [-0.39, 0.29) is 5.91 Å². The topological polar surface area (TPSA) is 56.0 Å². The van der Waals surface area contributed by atoms with Crippen LogP contribution in [0.5, 0.6) is 0 Å². The van der Waals surface area contributed by atoms with Crippen molar-refractivity contribution >= 4 is 5.91 Å². The summed E-state index contributed by atoms with van der Waals surface area (Å²) < 4.78 is 0. The zero-order valence-electron chi connectivity index (χ0n) is 6.37. The number of aryl methyl sites for hydroxylation is 1. The Kier molecular flexibility index (Phi) is 2.21. The maximum Gasteiger partial charge on any atom is 0.249 e. The number of carbonyl (C=O) groups excluding carboxylic acids is 1. The molecular weight excluding hydrogens is 140 g/mol. The molecule has 0 radical (unpaired) electrons. The van der Waals surface area contributed by atoms with Crippen LogP contribution < -0.4 is 5.73 Å². The third-order valence-electron chi connectivity index (χ3n) is 1.55. The van der Waals surface area contributed by atoms with Crippen LogP contribution in [-0.4, -0.2) is 10.9 Å². The van der Waals surface area contributed by atoms with Crippen molar-refractivity contribution in [2.45, 2.75) is 13.3 Å². The van der Waals surface area contributed by atoms with Gasteiger partial charge in [-0.1, -0.05) is 6.92 Å². The standard InChI is InChI=1S/C8H10N2O/c1-2-6-5-10-4-3-7(6)8(9)11/h3-5H,2H2,1H3,(H2,9,11). The number of aromatic nitrogens is 1. The molecule has 0 spiro atoms. The molecule has 0 bridgehead atoms. The van der Waals surface area contributed by atoms with Crippen LogP contribution in [0.2, 0.25) is 0 Å². The summed E-state index contributed by atoms with van der Waals surface area (Å²) in [4.78, 5) is 14.7. The summed E-state index contributed by atoms with van der Waals surface area (Å²) in [5.41, 5.74) is 6.60. The van der Waals surface area contributed by atoms with E-state index in [9.17, 15) is 4.79 Å². The van der Waals surface area contributed by atoms with Gasteiger partial charge < -0.3 is 5.73 Å². The summed E-state index contributed by atoms with van der Waals surface area (Å²) in [6.45, 7) is 1.96. The summed E-state index contributed by atoms with van der Waals surface area (Å²) in [7, 11) is 0. The number of primary amides is 1. The number of pyridine rings is 1. The molecule has 0 aliphatic carbocycles. The van der Waals surface area contributed by atoms with E-state index in [1.165, 1.54) is 0 Å². The van der Waals surface area contributed by atoms with E-state index in [0.717, 1.165) is 12.0 Å². The quantitative estimate of drug-likeness (QED) is 0.676. The fraction of sp³-hybridized carbons (Fsp3) is 0.250. The molecule has 0 aromatic carbocycles. The molecule has 58 valence electrons. The third-order valence-corrected chi connectivity index (χ3v) is 1.55. The van der Waals surface area contributed by atoms with Gasteiger partial charge in [-0.3, -0.25) is 9.78 Å². The van der Waals surface area contributed by atoms with Gasteiger partial charge in [0.1, 0.15) is 0 Å². The van der Waals surface area contributed by atoms with Crippen molar-refractivity contribution in [3.8, 4) is 0 Å². The van der Waals surface area contributed by atoms with Crippen LogP contribution in [0.4, 0.5) is 0 Å². The average Bonchev–Trinajstić information content (AvgIpc) is 2.04. The average molecular weight is 150 g/mol. The molecule has 0 aliphatic rings. The predicted octanol–water partition coefficient (Wildman–Crippen LogP) is 0.743. The number of hydrogen-bond acceptors (Lipinski definition) is 2. The van der Waals surface area contributed by atoms with Gasteiger partial charge in [-0.2, -0.15) is 0 Å². The van der Waals surface area contributed by atoms with Crippen molar-refractivity contribution < 1.29 is 4.79 Å². The van der Waals surface area contributed by atoms with Crippen LogP contribution in [-0.2, 0) is 6.42 Å². The molecule has 3 heteroatoms. The second-order valence-corrected chi connectivity index (χ2v) is 2.25. The molecule has 0 unspecified atom stereocenters. The van der Waals surface area contributed by atoms with E-state index in [2.05, 4.69) is 4.98 Å². The predicted molar refractivity (Wildman–Crippen MR) is 42.1 cm³/mol. The van der Waals surface area contributed by atoms with E-state index in [0.29, 0.717) is 5.56 Å². The highest BCUT2D eigenvalue weighted by atomic mass is 16.1. The molecule has 1 aromatic rings. The number of carbonyl (C=O) groups is 1. The minimum atomic E-state index is -0.385. The first-order valence-electron chi connectivity index (χ1n) is 3.48. The number of amides is 1. The van der Waals surface area contributed by atoms with Crippen LogP contribution in [0, 0.1) is 0 Å². The molecule has 0 aliphatic heterocycles. The minimum absolute atomic E-state index is 0.385. The lowest BCUT2D eigenvalue weighted by atomic mass is 10.1. The highest BCUT2D eigenvalue weighted by Gasteiger charge is 2.04. The number of rotatable bonds is 2. The zero-order chi connectivity index (χ0) is 8.27. The summed E-state index contributed by atoms with van der Waals surface area (Å²) >= 11 is 0. The number of hydrogen-bond donors (Lipinski definition) is 1. The highest BCUT2D eigenvalue weighted by molar-refractivity contribution is 5.94. The summed E-state index contributed by atoms with van der Waals surface area (Å²) in [5, 5.41) is 0. The van der Waals surface area contributed by atoms with Crippen molar-refractivity contribution in [1.29, 1.82) is 0 Å². The van der Waals surface area contributed by atoms with Crippen LogP contribution in [0.1, 0.15) is 22.8 Å². The normalized spacial score (nSPS) is 9.55. The van der Waals surface area contributed by atoms with Gasteiger partial charge in [-0.05, 0) is 18.1 Å². The molecule has 1 rings (SSSR count).